The van der Waals surface area contributed by atoms with Gasteiger partial charge in [0.15, 0.2) is 5.65 Å². The fourth-order valence-corrected chi connectivity index (χ4v) is 1.68. The molecule has 0 saturated heterocycles. The maximum Gasteiger partial charge on any atom is 0.436 e. The van der Waals surface area contributed by atoms with Crippen molar-refractivity contribution in [3.63, 3.8) is 0 Å². The van der Waals surface area contributed by atoms with Crippen molar-refractivity contribution >= 4 is 34.9 Å². The van der Waals surface area contributed by atoms with E-state index in [1.54, 1.807) is 13.3 Å². The van der Waals surface area contributed by atoms with Crippen LogP contribution in [0.25, 0.3) is 5.65 Å². The average molecular weight is 253 g/mol. The average Bonchev–Trinajstić information content (AvgIpc) is 2.61. The van der Waals surface area contributed by atoms with Crippen LogP contribution in [0, 0.1) is 0 Å². The summed E-state index contributed by atoms with van der Waals surface area (Å²) >= 11 is 3.42. The van der Waals surface area contributed by atoms with E-state index in [4.69, 9.17) is 4.65 Å². The van der Waals surface area contributed by atoms with Crippen molar-refractivity contribution in [1.82, 2.24) is 9.38 Å². The number of anilines is 1. The Hall–Kier alpha value is -1.01. The van der Waals surface area contributed by atoms with Gasteiger partial charge >= 0.3 is 7.62 Å². The van der Waals surface area contributed by atoms with Gasteiger partial charge in [0.1, 0.15) is 0 Å². The molecule has 0 aliphatic heterocycles. The Bertz CT molecular complexity index is 445. The highest BCUT2D eigenvalue weighted by molar-refractivity contribution is 9.10. The molecule has 14 heavy (non-hydrogen) atoms. The van der Waals surface area contributed by atoms with Gasteiger partial charge in [-0.3, -0.25) is 0 Å². The Morgan fingerprint density at radius 2 is 2.50 bits per heavy atom. The Morgan fingerprint density at radius 3 is 3.29 bits per heavy atom. The molecule has 0 spiro atoms. The highest BCUT2D eigenvalue weighted by Gasteiger charge is 2.04. The minimum absolute atomic E-state index is 0.863. The lowest BCUT2D eigenvalue weighted by Gasteiger charge is -2.05. The SMILES string of the molecule is CO[B]Nc1cc(Br)cn2ccnc12. The summed E-state index contributed by atoms with van der Waals surface area (Å²) in [7, 11) is 3.10. The van der Waals surface area contributed by atoms with Gasteiger partial charge in [0, 0.05) is 30.2 Å². The summed E-state index contributed by atoms with van der Waals surface area (Å²) in [5, 5.41) is 3.00. The van der Waals surface area contributed by atoms with Crippen LogP contribution >= 0.6 is 15.9 Å². The zero-order valence-electron chi connectivity index (χ0n) is 7.57. The summed E-state index contributed by atoms with van der Waals surface area (Å²) in [6.45, 7) is 0. The van der Waals surface area contributed by atoms with Crippen molar-refractivity contribution in [1.29, 1.82) is 0 Å². The molecule has 0 bridgehead atoms. The standard InChI is InChI=1S/C8H8BBrN3O/c1-14-9-12-7-4-6(10)5-13-3-2-11-8(7)13/h2-5,12H,1H3. The first-order valence-electron chi connectivity index (χ1n) is 4.04. The van der Waals surface area contributed by atoms with Gasteiger partial charge in [-0.15, -0.1) is 0 Å². The molecule has 1 N–H and O–H groups in total. The second-order valence-electron chi connectivity index (χ2n) is 2.73. The first-order chi connectivity index (χ1) is 6.81. The van der Waals surface area contributed by atoms with Crippen molar-refractivity contribution in [2.24, 2.45) is 0 Å². The van der Waals surface area contributed by atoms with Gasteiger partial charge in [0.2, 0.25) is 0 Å². The van der Waals surface area contributed by atoms with E-state index >= 15 is 0 Å². The van der Waals surface area contributed by atoms with E-state index in [0.29, 0.717) is 0 Å². The molecule has 2 rings (SSSR count). The van der Waals surface area contributed by atoms with E-state index in [9.17, 15) is 0 Å². The number of rotatable bonds is 3. The van der Waals surface area contributed by atoms with Crippen molar-refractivity contribution in [3.05, 3.63) is 29.1 Å². The summed E-state index contributed by atoms with van der Waals surface area (Å²) in [6.07, 6.45) is 5.58. The topological polar surface area (TPSA) is 38.6 Å². The Balaban J connectivity index is 2.44. The number of nitrogens with one attached hydrogen (secondary N) is 1. The van der Waals surface area contributed by atoms with Gasteiger partial charge in [-0.2, -0.15) is 0 Å². The zero-order valence-corrected chi connectivity index (χ0v) is 9.15. The molecular weight excluding hydrogens is 245 g/mol. The number of hydrogen-bond donors (Lipinski definition) is 1. The monoisotopic (exact) mass is 252 g/mol. The highest BCUT2D eigenvalue weighted by Crippen LogP contribution is 2.20. The van der Waals surface area contributed by atoms with Crippen LogP contribution in [0.5, 0.6) is 0 Å². The largest absolute Gasteiger partial charge is 0.436 e. The van der Waals surface area contributed by atoms with E-state index in [2.05, 4.69) is 26.1 Å². The van der Waals surface area contributed by atoms with Crippen LogP contribution in [0.2, 0.25) is 0 Å². The molecule has 2 aromatic heterocycles. The van der Waals surface area contributed by atoms with Gasteiger partial charge in [0.25, 0.3) is 0 Å². The van der Waals surface area contributed by atoms with Crippen LogP contribution < -0.4 is 5.23 Å². The molecule has 0 amide bonds. The summed E-state index contributed by atoms with van der Waals surface area (Å²) in [5.41, 5.74) is 1.76. The molecule has 6 heteroatoms. The van der Waals surface area contributed by atoms with Crippen LogP contribution in [-0.4, -0.2) is 24.1 Å². The summed E-state index contributed by atoms with van der Waals surface area (Å²) in [6, 6.07) is 1.94. The fraction of sp³-hybridized carbons (Fsp3) is 0.125. The maximum atomic E-state index is 4.82. The number of nitrogens with zero attached hydrogens (tertiary/aromatic N) is 2. The molecule has 0 aliphatic carbocycles. The molecule has 0 unspecified atom stereocenters. The van der Waals surface area contributed by atoms with Gasteiger partial charge in [0.05, 0.1) is 5.69 Å². The predicted molar refractivity (Wildman–Crippen MR) is 59.3 cm³/mol. The van der Waals surface area contributed by atoms with Gasteiger partial charge in [-0.1, -0.05) is 0 Å². The van der Waals surface area contributed by atoms with E-state index < -0.39 is 0 Å². The fourth-order valence-electron chi connectivity index (χ4n) is 1.23. The van der Waals surface area contributed by atoms with Crippen molar-refractivity contribution < 1.29 is 4.65 Å². The van der Waals surface area contributed by atoms with E-state index in [0.717, 1.165) is 15.8 Å². The number of aromatic nitrogens is 2. The van der Waals surface area contributed by atoms with Gasteiger partial charge in [-0.05, 0) is 22.0 Å². The van der Waals surface area contributed by atoms with Crippen molar-refractivity contribution in [2.45, 2.75) is 0 Å². The zero-order chi connectivity index (χ0) is 9.97. The quantitative estimate of drug-likeness (QED) is 0.846. The van der Waals surface area contributed by atoms with E-state index in [-0.39, 0.29) is 0 Å². The minimum atomic E-state index is 0.863. The highest BCUT2D eigenvalue weighted by atomic mass is 79.9. The summed E-state index contributed by atoms with van der Waals surface area (Å²) < 4.78 is 7.73. The molecule has 2 aromatic rings. The Kier molecular flexibility index (Phi) is 2.74. The Morgan fingerprint density at radius 1 is 1.64 bits per heavy atom. The molecule has 4 nitrogen and oxygen atoms in total. The molecule has 0 fully saturated rings. The third-order valence-corrected chi connectivity index (χ3v) is 2.22. The Labute approximate surface area is 90.7 Å². The van der Waals surface area contributed by atoms with Crippen LogP contribution in [0.1, 0.15) is 0 Å². The molecule has 71 valence electrons. The molecule has 0 aliphatic rings. The number of hydrogen-bond acceptors (Lipinski definition) is 3. The molecule has 1 radical (unpaired) electrons. The predicted octanol–water partition coefficient (Wildman–Crippen LogP) is 1.69. The van der Waals surface area contributed by atoms with Gasteiger partial charge in [-0.25, -0.2) is 4.98 Å². The molecule has 0 aromatic carbocycles. The van der Waals surface area contributed by atoms with Gasteiger partial charge < -0.3 is 14.3 Å². The number of imidazole rings is 1. The molecule has 0 atom stereocenters. The second-order valence-corrected chi connectivity index (χ2v) is 3.64. The summed E-state index contributed by atoms with van der Waals surface area (Å²) in [5.74, 6) is 0. The lowest BCUT2D eigenvalue weighted by molar-refractivity contribution is 0.446. The molecular formula is C8H8BBrN3O. The maximum absolute atomic E-state index is 4.82. The first-order valence-corrected chi connectivity index (χ1v) is 4.84. The number of fused-ring (bicyclic) bond motifs is 1. The summed E-state index contributed by atoms with van der Waals surface area (Å²) in [4.78, 5) is 4.22. The smallest absolute Gasteiger partial charge is 0.422 e. The lowest BCUT2D eigenvalue weighted by atomic mass is 10.2. The van der Waals surface area contributed by atoms with Crippen LogP contribution in [0.3, 0.4) is 0 Å². The first kappa shape index (κ1) is 9.55. The van der Waals surface area contributed by atoms with E-state index in [1.807, 2.05) is 22.9 Å². The second kappa shape index (κ2) is 4.02. The minimum Gasteiger partial charge on any atom is -0.422 e. The van der Waals surface area contributed by atoms with E-state index in [1.165, 1.54) is 7.62 Å². The lowest BCUT2D eigenvalue weighted by Crippen LogP contribution is -2.09. The molecule has 2 heterocycles. The molecule has 0 saturated carbocycles. The van der Waals surface area contributed by atoms with Crippen LogP contribution in [0.15, 0.2) is 29.1 Å². The van der Waals surface area contributed by atoms with Crippen molar-refractivity contribution in [2.75, 3.05) is 12.3 Å². The third-order valence-electron chi connectivity index (χ3n) is 1.79. The number of halogens is 1. The number of pyridine rings is 1. The van der Waals surface area contributed by atoms with Crippen LogP contribution in [-0.2, 0) is 4.65 Å². The normalized spacial score (nSPS) is 10.4. The van der Waals surface area contributed by atoms with Crippen LogP contribution in [0.4, 0.5) is 5.69 Å². The third kappa shape index (κ3) is 1.76. The van der Waals surface area contributed by atoms with Crippen molar-refractivity contribution in [3.8, 4) is 0 Å².